The number of halogens is 3. The van der Waals surface area contributed by atoms with E-state index >= 15 is 0 Å². The summed E-state index contributed by atoms with van der Waals surface area (Å²) in [6.45, 7) is 1.23. The predicted molar refractivity (Wildman–Crippen MR) is 89.7 cm³/mol. The summed E-state index contributed by atoms with van der Waals surface area (Å²) >= 11 is 11.6. The van der Waals surface area contributed by atoms with E-state index in [0.717, 1.165) is 11.6 Å². The SMILES string of the molecule is C[C@H](NC(=O)COC(=O)c1c(F)cccc1Cl)c1ccc(Cl)cc1. The van der Waals surface area contributed by atoms with Crippen LogP contribution in [0.5, 0.6) is 0 Å². The lowest BCUT2D eigenvalue weighted by molar-refractivity contribution is -0.124. The maximum absolute atomic E-state index is 13.6. The molecule has 0 aliphatic rings. The minimum Gasteiger partial charge on any atom is -0.452 e. The van der Waals surface area contributed by atoms with Gasteiger partial charge in [0, 0.05) is 5.02 Å². The Morgan fingerprint density at radius 3 is 2.46 bits per heavy atom. The Morgan fingerprint density at radius 1 is 1.17 bits per heavy atom. The molecule has 0 radical (unpaired) electrons. The normalized spacial score (nSPS) is 11.7. The number of hydrogen-bond acceptors (Lipinski definition) is 3. The summed E-state index contributed by atoms with van der Waals surface area (Å²) in [7, 11) is 0. The summed E-state index contributed by atoms with van der Waals surface area (Å²) in [5, 5.41) is 3.18. The second kappa shape index (κ2) is 8.13. The zero-order chi connectivity index (χ0) is 17.7. The molecule has 1 N–H and O–H groups in total. The highest BCUT2D eigenvalue weighted by Gasteiger charge is 2.19. The summed E-state index contributed by atoms with van der Waals surface area (Å²) < 4.78 is 18.4. The second-order valence-corrected chi connectivity index (χ2v) is 5.86. The minimum absolute atomic E-state index is 0.0741. The second-order valence-electron chi connectivity index (χ2n) is 5.01. The smallest absolute Gasteiger partial charge is 0.343 e. The van der Waals surface area contributed by atoms with Gasteiger partial charge in [-0.3, -0.25) is 4.79 Å². The molecule has 0 aromatic heterocycles. The van der Waals surface area contributed by atoms with Crippen molar-refractivity contribution >= 4 is 35.1 Å². The predicted octanol–water partition coefficient (Wildman–Crippen LogP) is 4.17. The molecule has 4 nitrogen and oxygen atoms in total. The minimum atomic E-state index is -0.993. The molecule has 0 spiro atoms. The van der Waals surface area contributed by atoms with Crippen LogP contribution in [0.2, 0.25) is 10.0 Å². The van der Waals surface area contributed by atoms with Crippen LogP contribution in [-0.2, 0) is 9.53 Å². The van der Waals surface area contributed by atoms with Crippen molar-refractivity contribution in [3.05, 3.63) is 69.5 Å². The fourth-order valence-corrected chi connectivity index (χ4v) is 2.38. The van der Waals surface area contributed by atoms with E-state index in [1.807, 2.05) is 0 Å². The van der Waals surface area contributed by atoms with E-state index in [-0.39, 0.29) is 11.1 Å². The summed E-state index contributed by atoms with van der Waals surface area (Å²) in [5.74, 6) is -2.31. The first-order chi connectivity index (χ1) is 11.4. The van der Waals surface area contributed by atoms with Crippen LogP contribution in [0.1, 0.15) is 28.9 Å². The third-order valence-electron chi connectivity index (χ3n) is 3.25. The standard InChI is InChI=1S/C17H14Cl2FNO3/c1-10(11-5-7-12(18)8-6-11)21-15(22)9-24-17(23)16-13(19)3-2-4-14(16)20/h2-8,10H,9H2,1H3,(H,21,22)/t10-/m0/s1. The quantitative estimate of drug-likeness (QED) is 0.804. The van der Waals surface area contributed by atoms with Gasteiger partial charge in [0.2, 0.25) is 0 Å². The lowest BCUT2D eigenvalue weighted by atomic mass is 10.1. The summed E-state index contributed by atoms with van der Waals surface area (Å²) in [6.07, 6.45) is 0. The number of ether oxygens (including phenoxy) is 1. The first-order valence-corrected chi connectivity index (χ1v) is 7.80. The average molecular weight is 370 g/mol. The highest BCUT2D eigenvalue weighted by Crippen LogP contribution is 2.20. The number of carbonyl (C=O) groups is 2. The first kappa shape index (κ1) is 18.2. The number of rotatable bonds is 5. The molecular weight excluding hydrogens is 356 g/mol. The van der Waals surface area contributed by atoms with E-state index in [0.29, 0.717) is 5.02 Å². The lowest BCUT2D eigenvalue weighted by Gasteiger charge is -2.14. The van der Waals surface area contributed by atoms with Crippen molar-refractivity contribution in [1.82, 2.24) is 5.32 Å². The van der Waals surface area contributed by atoms with Crippen molar-refractivity contribution in [3.8, 4) is 0 Å². The monoisotopic (exact) mass is 369 g/mol. The Labute approximate surface area is 148 Å². The van der Waals surface area contributed by atoms with Gasteiger partial charge >= 0.3 is 5.97 Å². The molecule has 1 atom stereocenters. The Morgan fingerprint density at radius 2 is 1.83 bits per heavy atom. The molecule has 0 saturated carbocycles. The summed E-state index contributed by atoms with van der Waals surface area (Å²) in [4.78, 5) is 23.7. The zero-order valence-electron chi connectivity index (χ0n) is 12.7. The molecule has 0 aliphatic heterocycles. The molecule has 0 aliphatic carbocycles. The van der Waals surface area contributed by atoms with Crippen molar-refractivity contribution in [2.45, 2.75) is 13.0 Å². The van der Waals surface area contributed by atoms with Crippen LogP contribution in [-0.4, -0.2) is 18.5 Å². The van der Waals surface area contributed by atoms with Gasteiger partial charge in [-0.15, -0.1) is 0 Å². The van der Waals surface area contributed by atoms with Crippen LogP contribution in [0, 0.1) is 5.82 Å². The zero-order valence-corrected chi connectivity index (χ0v) is 14.2. The number of benzene rings is 2. The van der Waals surface area contributed by atoms with Gasteiger partial charge < -0.3 is 10.1 Å². The molecule has 2 rings (SSSR count). The Bertz CT molecular complexity index is 730. The third-order valence-corrected chi connectivity index (χ3v) is 3.82. The molecule has 0 bridgehead atoms. The van der Waals surface area contributed by atoms with E-state index in [2.05, 4.69) is 5.32 Å². The molecule has 0 unspecified atom stereocenters. The lowest BCUT2D eigenvalue weighted by Crippen LogP contribution is -2.31. The molecule has 7 heteroatoms. The molecular formula is C17H14Cl2FNO3. The van der Waals surface area contributed by atoms with Gasteiger partial charge in [-0.25, -0.2) is 9.18 Å². The Balaban J connectivity index is 1.91. The topological polar surface area (TPSA) is 55.4 Å². The molecule has 0 fully saturated rings. The number of hydrogen-bond donors (Lipinski definition) is 1. The largest absolute Gasteiger partial charge is 0.452 e. The van der Waals surface area contributed by atoms with Gasteiger partial charge in [0.15, 0.2) is 6.61 Å². The maximum atomic E-state index is 13.6. The fourth-order valence-electron chi connectivity index (χ4n) is 2.01. The van der Waals surface area contributed by atoms with Gasteiger partial charge in [0.05, 0.1) is 11.1 Å². The highest BCUT2D eigenvalue weighted by atomic mass is 35.5. The van der Waals surface area contributed by atoms with Crippen molar-refractivity contribution in [1.29, 1.82) is 0 Å². The van der Waals surface area contributed by atoms with Crippen molar-refractivity contribution in [2.75, 3.05) is 6.61 Å². The van der Waals surface area contributed by atoms with E-state index in [1.165, 1.54) is 12.1 Å². The van der Waals surface area contributed by atoms with Crippen LogP contribution in [0.25, 0.3) is 0 Å². The molecule has 126 valence electrons. The first-order valence-electron chi connectivity index (χ1n) is 7.04. The van der Waals surface area contributed by atoms with E-state index in [4.69, 9.17) is 27.9 Å². The van der Waals surface area contributed by atoms with Gasteiger partial charge in [-0.2, -0.15) is 0 Å². The van der Waals surface area contributed by atoms with Crippen molar-refractivity contribution in [2.24, 2.45) is 0 Å². The average Bonchev–Trinajstić information content (AvgIpc) is 2.53. The Hall–Kier alpha value is -2.11. The van der Waals surface area contributed by atoms with E-state index < -0.39 is 29.9 Å². The summed E-state index contributed by atoms with van der Waals surface area (Å²) in [5.41, 5.74) is 0.453. The molecule has 0 saturated heterocycles. The van der Waals surface area contributed by atoms with Gasteiger partial charge in [0.1, 0.15) is 11.4 Å². The van der Waals surface area contributed by atoms with E-state index in [1.54, 1.807) is 31.2 Å². The molecule has 1 amide bonds. The number of amides is 1. The summed E-state index contributed by atoms with van der Waals surface area (Å²) in [6, 6.07) is 10.5. The van der Waals surface area contributed by atoms with Crippen LogP contribution in [0.3, 0.4) is 0 Å². The molecule has 24 heavy (non-hydrogen) atoms. The van der Waals surface area contributed by atoms with E-state index in [9.17, 15) is 14.0 Å². The fraction of sp³-hybridized carbons (Fsp3) is 0.176. The third kappa shape index (κ3) is 4.69. The van der Waals surface area contributed by atoms with Crippen LogP contribution < -0.4 is 5.32 Å². The van der Waals surface area contributed by atoms with Gasteiger partial charge in [0.25, 0.3) is 5.91 Å². The molecule has 2 aromatic rings. The van der Waals surface area contributed by atoms with Crippen LogP contribution in [0.4, 0.5) is 4.39 Å². The number of esters is 1. The van der Waals surface area contributed by atoms with Crippen molar-refractivity contribution in [3.63, 3.8) is 0 Å². The van der Waals surface area contributed by atoms with Crippen LogP contribution in [0.15, 0.2) is 42.5 Å². The number of carbonyl (C=O) groups excluding carboxylic acids is 2. The highest BCUT2D eigenvalue weighted by molar-refractivity contribution is 6.33. The maximum Gasteiger partial charge on any atom is 0.343 e. The van der Waals surface area contributed by atoms with Gasteiger partial charge in [-0.1, -0.05) is 41.4 Å². The molecule has 2 aromatic carbocycles. The Kier molecular flexibility index (Phi) is 6.17. The number of nitrogens with one attached hydrogen (secondary N) is 1. The van der Waals surface area contributed by atoms with Crippen LogP contribution >= 0.6 is 23.2 Å². The van der Waals surface area contributed by atoms with Crippen molar-refractivity contribution < 1.29 is 18.7 Å². The molecule has 0 heterocycles. The van der Waals surface area contributed by atoms with Gasteiger partial charge in [-0.05, 0) is 36.8 Å².